The number of rotatable bonds is 0. The first-order chi connectivity index (χ1) is 9.35. The molecule has 0 heterocycles. The highest BCUT2D eigenvalue weighted by Crippen LogP contribution is 2.27. The Morgan fingerprint density at radius 1 is 0.947 bits per heavy atom. The van der Waals surface area contributed by atoms with E-state index in [1.165, 1.54) is 28.7 Å². The van der Waals surface area contributed by atoms with Crippen LogP contribution in [0.3, 0.4) is 0 Å². The molecule has 0 aliphatic heterocycles. The molecule has 1 aromatic rings. The Labute approximate surface area is 116 Å². The van der Waals surface area contributed by atoms with Gasteiger partial charge in [-0.1, -0.05) is 81.0 Å². The largest absolute Gasteiger partial charge is 0.0807 e. The van der Waals surface area contributed by atoms with Crippen LogP contribution < -0.4 is 0 Å². The van der Waals surface area contributed by atoms with E-state index in [4.69, 9.17) is 0 Å². The summed E-state index contributed by atoms with van der Waals surface area (Å²) in [6.45, 7) is 4.25. The lowest BCUT2D eigenvalue weighted by Crippen LogP contribution is -2.00. The molecule has 1 aromatic carbocycles. The summed E-state index contributed by atoms with van der Waals surface area (Å²) in [5.41, 5.74) is 5.58. The molecule has 0 amide bonds. The minimum Gasteiger partial charge on any atom is -0.0807 e. The average molecular weight is 250 g/mol. The van der Waals surface area contributed by atoms with Crippen LogP contribution in [0.5, 0.6) is 0 Å². The van der Waals surface area contributed by atoms with Gasteiger partial charge in [0.15, 0.2) is 0 Å². The molecule has 0 unspecified atom stereocenters. The number of fused-ring (bicyclic) bond motifs is 1. The van der Waals surface area contributed by atoms with Crippen LogP contribution in [0.4, 0.5) is 0 Å². The Bertz CT molecular complexity index is 539. The van der Waals surface area contributed by atoms with E-state index in [9.17, 15) is 0 Å². The second kappa shape index (κ2) is 6.94. The molecule has 0 fully saturated rings. The van der Waals surface area contributed by atoms with Gasteiger partial charge in [-0.05, 0) is 35.1 Å². The summed E-state index contributed by atoms with van der Waals surface area (Å²) in [7, 11) is 0. The molecule has 0 saturated carbocycles. The SMILES string of the molecule is C1=Cc2cccc3c2C/C1=C\C=C/C/C=C\3.CCC. The monoisotopic (exact) mass is 250 g/mol. The molecule has 2 aliphatic carbocycles. The fourth-order valence-electron chi connectivity index (χ4n) is 2.26. The zero-order valence-corrected chi connectivity index (χ0v) is 11.9. The van der Waals surface area contributed by atoms with Crippen molar-refractivity contribution >= 4 is 12.2 Å². The Kier molecular flexibility index (Phi) is 4.97. The third-order valence-corrected chi connectivity index (χ3v) is 3.12. The molecule has 0 N–H and O–H groups in total. The maximum absolute atomic E-state index is 2.24. The van der Waals surface area contributed by atoms with Crippen LogP contribution in [0.15, 0.2) is 54.2 Å². The standard InChI is InChI=1S/C16H14.C3H8/c1-2-4-7-14-8-5-9-15-11-10-13(6-3-1)12-16(14)15;1-3-2/h1,3-11H,2,12H2;3H2,1-2H3/b3-1-,7-4-,13-6-;. The highest BCUT2D eigenvalue weighted by atomic mass is 14.1. The normalized spacial score (nSPS) is 21.5. The van der Waals surface area contributed by atoms with Gasteiger partial charge in [0.05, 0.1) is 0 Å². The lowest BCUT2D eigenvalue weighted by molar-refractivity contribution is 1.09. The van der Waals surface area contributed by atoms with E-state index < -0.39 is 0 Å². The molecule has 0 radical (unpaired) electrons. The lowest BCUT2D eigenvalue weighted by atomic mass is 9.89. The van der Waals surface area contributed by atoms with Crippen LogP contribution in [0.2, 0.25) is 0 Å². The smallest absolute Gasteiger partial charge is 0.00139 e. The highest BCUT2D eigenvalue weighted by molar-refractivity contribution is 5.69. The molecular weight excluding hydrogens is 228 g/mol. The molecular formula is C19H22. The van der Waals surface area contributed by atoms with Crippen LogP contribution in [0, 0.1) is 0 Å². The number of hydrogen-bond donors (Lipinski definition) is 0. The van der Waals surface area contributed by atoms with Crippen LogP contribution in [0.1, 0.15) is 43.4 Å². The van der Waals surface area contributed by atoms with Crippen molar-refractivity contribution < 1.29 is 0 Å². The van der Waals surface area contributed by atoms with Gasteiger partial charge in [-0.2, -0.15) is 0 Å². The van der Waals surface area contributed by atoms with Crippen molar-refractivity contribution in [2.75, 3.05) is 0 Å². The molecule has 2 aliphatic rings. The van der Waals surface area contributed by atoms with Crippen LogP contribution in [-0.4, -0.2) is 0 Å². The van der Waals surface area contributed by atoms with E-state index in [-0.39, 0.29) is 0 Å². The summed E-state index contributed by atoms with van der Waals surface area (Å²) in [6, 6.07) is 6.54. The summed E-state index contributed by atoms with van der Waals surface area (Å²) in [5, 5.41) is 0. The van der Waals surface area contributed by atoms with Crippen molar-refractivity contribution in [1.82, 2.24) is 0 Å². The second-order valence-electron chi connectivity index (χ2n) is 4.94. The summed E-state index contributed by atoms with van der Waals surface area (Å²) >= 11 is 0. The summed E-state index contributed by atoms with van der Waals surface area (Å²) < 4.78 is 0. The van der Waals surface area contributed by atoms with Gasteiger partial charge in [0, 0.05) is 0 Å². The first-order valence-electron chi connectivity index (χ1n) is 7.17. The van der Waals surface area contributed by atoms with Crippen molar-refractivity contribution in [3.05, 3.63) is 70.8 Å². The Hall–Kier alpha value is -1.82. The second-order valence-corrected chi connectivity index (χ2v) is 4.94. The van der Waals surface area contributed by atoms with Crippen molar-refractivity contribution in [3.8, 4) is 0 Å². The molecule has 0 heteroatoms. The fourth-order valence-corrected chi connectivity index (χ4v) is 2.26. The third kappa shape index (κ3) is 3.57. The van der Waals surface area contributed by atoms with Crippen LogP contribution in [-0.2, 0) is 6.42 Å². The van der Waals surface area contributed by atoms with Crippen molar-refractivity contribution in [2.45, 2.75) is 33.1 Å². The molecule has 0 atom stereocenters. The first-order valence-corrected chi connectivity index (χ1v) is 7.17. The molecule has 2 bridgehead atoms. The van der Waals surface area contributed by atoms with Crippen LogP contribution >= 0.6 is 0 Å². The maximum atomic E-state index is 2.24. The predicted octanol–water partition coefficient (Wildman–Crippen LogP) is 5.57. The van der Waals surface area contributed by atoms with Crippen LogP contribution in [0.25, 0.3) is 12.2 Å². The molecule has 0 nitrogen and oxygen atoms in total. The lowest BCUT2D eigenvalue weighted by Gasteiger charge is -2.16. The Morgan fingerprint density at radius 3 is 2.47 bits per heavy atom. The third-order valence-electron chi connectivity index (χ3n) is 3.12. The van der Waals surface area contributed by atoms with Gasteiger partial charge in [0.1, 0.15) is 0 Å². The summed E-state index contributed by atoms with van der Waals surface area (Å²) in [5.74, 6) is 0. The van der Waals surface area contributed by atoms with Gasteiger partial charge in [-0.3, -0.25) is 0 Å². The van der Waals surface area contributed by atoms with Gasteiger partial charge >= 0.3 is 0 Å². The molecule has 3 rings (SSSR count). The van der Waals surface area contributed by atoms with E-state index >= 15 is 0 Å². The minimum atomic E-state index is 1.01. The average Bonchev–Trinajstić information content (AvgIpc) is 2.44. The topological polar surface area (TPSA) is 0 Å². The van der Waals surface area contributed by atoms with E-state index in [2.05, 4.69) is 74.6 Å². The Morgan fingerprint density at radius 2 is 1.68 bits per heavy atom. The molecule has 0 saturated heterocycles. The van der Waals surface area contributed by atoms with Crippen molar-refractivity contribution in [3.63, 3.8) is 0 Å². The van der Waals surface area contributed by atoms with Gasteiger partial charge < -0.3 is 0 Å². The zero-order valence-electron chi connectivity index (χ0n) is 11.9. The quantitative estimate of drug-likeness (QED) is 0.564. The maximum Gasteiger partial charge on any atom is -0.00139 e. The first kappa shape index (κ1) is 13.6. The minimum absolute atomic E-state index is 1.01. The van der Waals surface area contributed by atoms with E-state index in [0.29, 0.717) is 0 Å². The summed E-state index contributed by atoms with van der Waals surface area (Å²) in [4.78, 5) is 0. The van der Waals surface area contributed by atoms with Gasteiger partial charge in [-0.15, -0.1) is 0 Å². The van der Waals surface area contributed by atoms with Gasteiger partial charge in [-0.25, -0.2) is 0 Å². The van der Waals surface area contributed by atoms with Crippen molar-refractivity contribution in [2.24, 2.45) is 0 Å². The molecule has 0 spiro atoms. The van der Waals surface area contributed by atoms with E-state index in [1.54, 1.807) is 0 Å². The highest BCUT2D eigenvalue weighted by Gasteiger charge is 2.10. The number of allylic oxidation sites excluding steroid dienone is 6. The van der Waals surface area contributed by atoms with E-state index in [1.807, 2.05) is 0 Å². The molecule has 19 heavy (non-hydrogen) atoms. The summed E-state index contributed by atoms with van der Waals surface area (Å²) in [6.07, 6.45) is 18.8. The molecule has 98 valence electrons. The van der Waals surface area contributed by atoms with Crippen molar-refractivity contribution in [1.29, 1.82) is 0 Å². The number of hydrogen-bond acceptors (Lipinski definition) is 0. The van der Waals surface area contributed by atoms with E-state index in [0.717, 1.165) is 12.8 Å². The molecule has 0 aromatic heterocycles. The zero-order chi connectivity index (χ0) is 13.5. The number of benzene rings is 1. The Balaban J connectivity index is 0.000000408. The predicted molar refractivity (Wildman–Crippen MR) is 86.0 cm³/mol. The van der Waals surface area contributed by atoms with Gasteiger partial charge in [0.2, 0.25) is 0 Å². The van der Waals surface area contributed by atoms with Gasteiger partial charge in [0.25, 0.3) is 0 Å². The fraction of sp³-hybridized carbons (Fsp3) is 0.263.